The van der Waals surface area contributed by atoms with Crippen molar-refractivity contribution < 1.29 is 19.5 Å². The van der Waals surface area contributed by atoms with E-state index in [1.165, 1.54) is 6.92 Å². The minimum absolute atomic E-state index is 0.119. The van der Waals surface area contributed by atoms with Crippen LogP contribution >= 0.6 is 24.0 Å². The summed E-state index contributed by atoms with van der Waals surface area (Å²) in [6.45, 7) is 4.01. The molecule has 2 aliphatic heterocycles. The number of anilines is 1. The van der Waals surface area contributed by atoms with E-state index in [0.29, 0.717) is 17.7 Å². The van der Waals surface area contributed by atoms with Crippen LogP contribution in [0.4, 0.5) is 5.69 Å². The number of aliphatic carboxylic acids is 1. The fourth-order valence-corrected chi connectivity index (χ4v) is 4.70. The Bertz CT molecular complexity index is 865. The zero-order valence-electron chi connectivity index (χ0n) is 15.1. The van der Waals surface area contributed by atoms with E-state index < -0.39 is 17.9 Å². The second kappa shape index (κ2) is 7.82. The van der Waals surface area contributed by atoms with E-state index in [1.54, 1.807) is 11.0 Å². The number of para-hydroxylation sites is 1. The van der Waals surface area contributed by atoms with Gasteiger partial charge in [-0.2, -0.15) is 0 Å². The molecule has 27 heavy (non-hydrogen) atoms. The monoisotopic (exact) mass is 403 g/mol. The van der Waals surface area contributed by atoms with E-state index in [2.05, 4.69) is 6.92 Å². The van der Waals surface area contributed by atoms with Gasteiger partial charge in [-0.05, 0) is 19.4 Å². The van der Waals surface area contributed by atoms with E-state index in [9.17, 15) is 19.5 Å². The number of fused-ring (bicyclic) bond motifs is 1. The summed E-state index contributed by atoms with van der Waals surface area (Å²) in [5, 5.41) is 11.2. The maximum Gasteiger partial charge on any atom is 0.267 e. The maximum atomic E-state index is 13.1. The molecule has 1 saturated heterocycles. The summed E-state index contributed by atoms with van der Waals surface area (Å²) in [6.07, 6.45) is 2.91. The zero-order chi connectivity index (χ0) is 19.7. The molecule has 6 nitrogen and oxygen atoms in total. The Morgan fingerprint density at radius 1 is 1.22 bits per heavy atom. The molecule has 0 N–H and O–H groups in total. The van der Waals surface area contributed by atoms with Crippen molar-refractivity contribution in [2.75, 3.05) is 11.4 Å². The highest BCUT2D eigenvalue weighted by molar-refractivity contribution is 8.26. The molecule has 0 saturated carbocycles. The number of carbonyl (C=O) groups is 3. The molecule has 2 heterocycles. The Hall–Kier alpha value is -2.19. The van der Waals surface area contributed by atoms with Crippen LogP contribution in [0.1, 0.15) is 38.7 Å². The minimum Gasteiger partial charge on any atom is -0.548 e. The second-order valence-corrected chi connectivity index (χ2v) is 8.07. The van der Waals surface area contributed by atoms with Crippen LogP contribution in [0, 0.1) is 0 Å². The van der Waals surface area contributed by atoms with Crippen molar-refractivity contribution in [3.8, 4) is 0 Å². The van der Waals surface area contributed by atoms with Crippen LogP contribution in [0.2, 0.25) is 0 Å². The van der Waals surface area contributed by atoms with Gasteiger partial charge in [0.2, 0.25) is 0 Å². The molecular formula is C19H19N2O4S2-. The van der Waals surface area contributed by atoms with Crippen molar-refractivity contribution in [1.82, 2.24) is 4.90 Å². The Kier molecular flexibility index (Phi) is 5.67. The predicted molar refractivity (Wildman–Crippen MR) is 107 cm³/mol. The van der Waals surface area contributed by atoms with E-state index in [0.717, 1.165) is 41.6 Å². The predicted octanol–water partition coefficient (Wildman–Crippen LogP) is 1.93. The topological polar surface area (TPSA) is 80.8 Å². The molecule has 0 aromatic heterocycles. The highest BCUT2D eigenvalue weighted by atomic mass is 32.2. The normalized spacial score (nSPS) is 20.4. The van der Waals surface area contributed by atoms with Gasteiger partial charge in [0.25, 0.3) is 11.8 Å². The molecule has 1 atom stereocenters. The van der Waals surface area contributed by atoms with Crippen LogP contribution in [0.5, 0.6) is 0 Å². The molecule has 0 radical (unpaired) electrons. The molecule has 8 heteroatoms. The zero-order valence-corrected chi connectivity index (χ0v) is 16.7. The summed E-state index contributed by atoms with van der Waals surface area (Å²) in [7, 11) is 0. The fourth-order valence-electron chi connectivity index (χ4n) is 3.21. The molecule has 1 unspecified atom stereocenters. The van der Waals surface area contributed by atoms with Gasteiger partial charge in [-0.15, -0.1) is 0 Å². The molecule has 1 aromatic rings. The van der Waals surface area contributed by atoms with Gasteiger partial charge < -0.3 is 14.8 Å². The van der Waals surface area contributed by atoms with Crippen LogP contribution < -0.4 is 10.0 Å². The molecule has 2 aliphatic rings. The van der Waals surface area contributed by atoms with E-state index in [1.807, 2.05) is 18.2 Å². The molecule has 3 rings (SSSR count). The van der Waals surface area contributed by atoms with Gasteiger partial charge in [-0.25, -0.2) is 0 Å². The van der Waals surface area contributed by atoms with Crippen molar-refractivity contribution in [1.29, 1.82) is 0 Å². The average molecular weight is 404 g/mol. The number of carboxylic acid groups (broad SMARTS) is 1. The third kappa shape index (κ3) is 3.39. The van der Waals surface area contributed by atoms with Gasteiger partial charge in [-0.3, -0.25) is 14.5 Å². The molecule has 142 valence electrons. The third-order valence-corrected chi connectivity index (χ3v) is 6.06. The van der Waals surface area contributed by atoms with Crippen molar-refractivity contribution in [2.45, 2.75) is 39.2 Å². The van der Waals surface area contributed by atoms with E-state index in [-0.39, 0.29) is 15.1 Å². The van der Waals surface area contributed by atoms with Gasteiger partial charge in [0.1, 0.15) is 4.32 Å². The number of rotatable bonds is 6. The largest absolute Gasteiger partial charge is 0.548 e. The number of hydrogen-bond acceptors (Lipinski definition) is 6. The highest BCUT2D eigenvalue weighted by Gasteiger charge is 2.43. The number of nitrogens with zero attached hydrogens (tertiary/aromatic N) is 2. The van der Waals surface area contributed by atoms with Crippen molar-refractivity contribution >= 4 is 57.3 Å². The van der Waals surface area contributed by atoms with Crippen molar-refractivity contribution in [3.05, 3.63) is 34.7 Å². The van der Waals surface area contributed by atoms with Gasteiger partial charge >= 0.3 is 0 Å². The third-order valence-electron chi connectivity index (χ3n) is 4.66. The highest BCUT2D eigenvalue weighted by Crippen LogP contribution is 2.44. The number of hydrogen-bond donors (Lipinski definition) is 0. The first-order chi connectivity index (χ1) is 12.9. The summed E-state index contributed by atoms with van der Waals surface area (Å²) in [4.78, 5) is 40.1. The lowest BCUT2D eigenvalue weighted by atomic mass is 10.1. The molecule has 0 bridgehead atoms. The molecule has 0 aliphatic carbocycles. The molecule has 2 amide bonds. The van der Waals surface area contributed by atoms with Crippen LogP contribution in [0.15, 0.2) is 29.2 Å². The average Bonchev–Trinajstić information content (AvgIpc) is 3.08. The van der Waals surface area contributed by atoms with Crippen LogP contribution in [-0.4, -0.2) is 39.6 Å². The van der Waals surface area contributed by atoms with E-state index >= 15 is 0 Å². The van der Waals surface area contributed by atoms with Crippen molar-refractivity contribution in [3.63, 3.8) is 0 Å². The lowest BCUT2D eigenvalue weighted by Gasteiger charge is -2.23. The van der Waals surface area contributed by atoms with Crippen LogP contribution in [0.25, 0.3) is 5.57 Å². The number of benzene rings is 1. The van der Waals surface area contributed by atoms with Gasteiger partial charge in [0.05, 0.1) is 28.2 Å². The maximum absolute atomic E-state index is 13.1. The lowest BCUT2D eigenvalue weighted by Crippen LogP contribution is -2.48. The standard InChI is InChI=1S/C19H20N2O4S2/c1-3-4-7-10-20-13-9-6-5-8-12(13)14(16(20)22)15-17(23)21(19(26)27-15)11(2)18(24)25/h5-6,8-9,11H,3-4,7,10H2,1-2H3,(H,24,25)/p-1. The Labute approximate surface area is 167 Å². The first-order valence-electron chi connectivity index (χ1n) is 8.80. The lowest BCUT2D eigenvalue weighted by molar-refractivity contribution is -0.309. The summed E-state index contributed by atoms with van der Waals surface area (Å²) in [6, 6.07) is 6.13. The Balaban J connectivity index is 2.03. The SMILES string of the molecule is CCCCCN1C(=O)C(=C2SC(=S)N(C(C)C(=O)[O-])C2=O)c2ccccc21. The first kappa shape index (κ1) is 19.6. The number of thioether (sulfide) groups is 1. The Morgan fingerprint density at radius 2 is 1.93 bits per heavy atom. The minimum atomic E-state index is -1.39. The molecular weight excluding hydrogens is 384 g/mol. The Morgan fingerprint density at radius 3 is 2.59 bits per heavy atom. The molecule has 1 aromatic carbocycles. The van der Waals surface area contributed by atoms with Gasteiger partial charge in [-0.1, -0.05) is 61.9 Å². The van der Waals surface area contributed by atoms with Gasteiger partial charge in [0, 0.05) is 12.1 Å². The number of carboxylic acids is 1. The summed E-state index contributed by atoms with van der Waals surface area (Å²) in [5.74, 6) is -2.19. The molecule has 0 spiro atoms. The first-order valence-corrected chi connectivity index (χ1v) is 10.0. The number of thiocarbonyl (C=S) groups is 1. The van der Waals surface area contributed by atoms with Crippen LogP contribution in [0.3, 0.4) is 0 Å². The summed E-state index contributed by atoms with van der Waals surface area (Å²) in [5.41, 5.74) is 1.75. The summed E-state index contributed by atoms with van der Waals surface area (Å²) < 4.78 is 0.119. The number of carbonyl (C=O) groups excluding carboxylic acids is 3. The van der Waals surface area contributed by atoms with Gasteiger partial charge in [0.15, 0.2) is 0 Å². The quantitative estimate of drug-likeness (QED) is 0.410. The molecule has 1 fully saturated rings. The smallest absolute Gasteiger partial charge is 0.267 e. The van der Waals surface area contributed by atoms with E-state index in [4.69, 9.17) is 12.2 Å². The van der Waals surface area contributed by atoms with Crippen molar-refractivity contribution in [2.24, 2.45) is 0 Å². The number of amides is 2. The number of unbranched alkanes of at least 4 members (excludes halogenated alkanes) is 2. The fraction of sp³-hybridized carbons (Fsp3) is 0.368. The van der Waals surface area contributed by atoms with Crippen LogP contribution in [-0.2, 0) is 14.4 Å². The summed E-state index contributed by atoms with van der Waals surface area (Å²) >= 11 is 6.17. The second-order valence-electron chi connectivity index (χ2n) is 6.42.